The van der Waals surface area contributed by atoms with Crippen LogP contribution < -0.4 is 0 Å². The maximum absolute atomic E-state index is 2.58. The lowest BCUT2D eigenvalue weighted by Gasteiger charge is -2.33. The minimum Gasteiger partial charge on any atom is -0.343 e. The van der Waals surface area contributed by atoms with Gasteiger partial charge in [0.1, 0.15) is 0 Å². The van der Waals surface area contributed by atoms with Crippen LogP contribution in [-0.2, 0) is 12.5 Å². The van der Waals surface area contributed by atoms with Crippen LogP contribution in [0.25, 0.3) is 43.4 Å². The van der Waals surface area contributed by atoms with Crippen molar-refractivity contribution in [1.82, 2.24) is 4.57 Å². The van der Waals surface area contributed by atoms with Crippen molar-refractivity contribution in [3.63, 3.8) is 0 Å². The predicted octanol–water partition coefficient (Wildman–Crippen LogP) is 11.9. The Bertz CT molecular complexity index is 1650. The van der Waals surface area contributed by atoms with E-state index in [1.807, 2.05) is 11.3 Å². The van der Waals surface area contributed by atoms with E-state index >= 15 is 0 Å². The van der Waals surface area contributed by atoms with Gasteiger partial charge in [0.25, 0.3) is 0 Å². The van der Waals surface area contributed by atoms with Gasteiger partial charge in [0.05, 0.1) is 15.7 Å². The van der Waals surface area contributed by atoms with Crippen LogP contribution >= 0.6 is 11.3 Å². The number of rotatable bonds is 11. The van der Waals surface area contributed by atoms with E-state index in [1.54, 1.807) is 11.1 Å². The highest BCUT2D eigenvalue weighted by Crippen LogP contribution is 2.55. The molecular weight excluding hydrogens is 502 g/mol. The monoisotopic (exact) mass is 547 g/mol. The van der Waals surface area contributed by atoms with Gasteiger partial charge in [-0.15, -0.1) is 11.3 Å². The number of thiophene rings is 1. The summed E-state index contributed by atoms with van der Waals surface area (Å²) in [4.78, 5) is 1.38. The summed E-state index contributed by atoms with van der Waals surface area (Å²) in [5.41, 5.74) is 13.0. The summed E-state index contributed by atoms with van der Waals surface area (Å²) in [6.45, 7) is 9.14. The molecular formula is C38H45NS. The van der Waals surface area contributed by atoms with Crippen LogP contribution in [0, 0.1) is 13.8 Å². The van der Waals surface area contributed by atoms with Crippen LogP contribution in [0.15, 0.2) is 60.7 Å². The average molecular weight is 548 g/mol. The molecule has 0 spiro atoms. The van der Waals surface area contributed by atoms with Crippen molar-refractivity contribution in [3.8, 4) is 22.3 Å². The lowest BCUT2D eigenvalue weighted by atomic mass is 9.70. The van der Waals surface area contributed by atoms with Crippen molar-refractivity contribution in [2.24, 2.45) is 7.05 Å². The molecule has 1 nitrogen and oxygen atoms in total. The van der Waals surface area contributed by atoms with Gasteiger partial charge >= 0.3 is 0 Å². The Morgan fingerprint density at radius 3 is 1.98 bits per heavy atom. The Balaban J connectivity index is 1.47. The van der Waals surface area contributed by atoms with E-state index in [-0.39, 0.29) is 5.41 Å². The third kappa shape index (κ3) is 4.63. The highest BCUT2D eigenvalue weighted by Gasteiger charge is 2.42. The molecule has 1 aliphatic rings. The van der Waals surface area contributed by atoms with Crippen LogP contribution in [0.5, 0.6) is 0 Å². The van der Waals surface area contributed by atoms with Crippen molar-refractivity contribution in [3.05, 3.63) is 82.2 Å². The Kier molecular flexibility index (Phi) is 7.66. The molecule has 0 amide bonds. The van der Waals surface area contributed by atoms with E-state index in [2.05, 4.69) is 100.0 Å². The molecule has 6 rings (SSSR count). The smallest absolute Gasteiger partial charge is 0.0603 e. The average Bonchev–Trinajstić information content (AvgIpc) is 3.56. The second-order valence-corrected chi connectivity index (χ2v) is 13.6. The molecule has 0 N–H and O–H groups in total. The third-order valence-corrected chi connectivity index (χ3v) is 10.6. The number of aromatic nitrogens is 1. The number of aryl methyl sites for hydroxylation is 3. The first kappa shape index (κ1) is 27.3. The second-order valence-electron chi connectivity index (χ2n) is 12.4. The topological polar surface area (TPSA) is 4.93 Å². The largest absolute Gasteiger partial charge is 0.343 e. The number of hydrogen-bond acceptors (Lipinski definition) is 1. The van der Waals surface area contributed by atoms with Gasteiger partial charge in [-0.3, -0.25) is 0 Å². The summed E-state index contributed by atoms with van der Waals surface area (Å²) in [5.74, 6) is 0. The van der Waals surface area contributed by atoms with Gasteiger partial charge in [0.2, 0.25) is 0 Å². The van der Waals surface area contributed by atoms with Crippen LogP contribution in [0.1, 0.15) is 99.6 Å². The van der Waals surface area contributed by atoms with Crippen LogP contribution in [0.2, 0.25) is 0 Å². The lowest BCUT2D eigenvalue weighted by molar-refractivity contribution is 0.401. The fraction of sp³-hybridized carbons (Fsp3) is 0.421. The van der Waals surface area contributed by atoms with Gasteiger partial charge in [-0.25, -0.2) is 0 Å². The predicted molar refractivity (Wildman–Crippen MR) is 177 cm³/mol. The summed E-state index contributed by atoms with van der Waals surface area (Å²) in [6.07, 6.45) is 13.1. The second kappa shape index (κ2) is 11.2. The normalized spacial score (nSPS) is 13.8. The molecule has 0 unspecified atom stereocenters. The zero-order chi connectivity index (χ0) is 27.9. The van der Waals surface area contributed by atoms with E-state index in [4.69, 9.17) is 0 Å². The van der Waals surface area contributed by atoms with Gasteiger partial charge in [0.15, 0.2) is 0 Å². The molecule has 3 aromatic carbocycles. The summed E-state index contributed by atoms with van der Waals surface area (Å²) < 4.78 is 3.80. The molecule has 1 aliphatic carbocycles. The molecule has 2 heteroatoms. The minimum atomic E-state index is 0.128. The zero-order valence-corrected chi connectivity index (χ0v) is 26.0. The highest BCUT2D eigenvalue weighted by atomic mass is 32.1. The molecule has 5 aromatic rings. The Labute approximate surface area is 245 Å². The molecule has 0 radical (unpaired) electrons. The molecule has 2 aromatic heterocycles. The number of hydrogen-bond donors (Lipinski definition) is 0. The summed E-state index contributed by atoms with van der Waals surface area (Å²) in [7, 11) is 2.22. The van der Waals surface area contributed by atoms with E-state index in [1.165, 1.54) is 118 Å². The van der Waals surface area contributed by atoms with Crippen molar-refractivity contribution in [2.75, 3.05) is 0 Å². The fourth-order valence-corrected chi connectivity index (χ4v) is 8.49. The molecule has 0 fully saturated rings. The van der Waals surface area contributed by atoms with E-state index in [0.29, 0.717) is 0 Å². The van der Waals surface area contributed by atoms with E-state index < -0.39 is 0 Å². The maximum Gasteiger partial charge on any atom is 0.0603 e. The van der Waals surface area contributed by atoms with Gasteiger partial charge in [-0.1, -0.05) is 113 Å². The number of nitrogens with zero attached hydrogens (tertiary/aromatic N) is 1. The van der Waals surface area contributed by atoms with E-state index in [9.17, 15) is 0 Å². The minimum absolute atomic E-state index is 0.128. The van der Waals surface area contributed by atoms with Crippen LogP contribution in [-0.4, -0.2) is 4.57 Å². The molecule has 0 aliphatic heterocycles. The quantitative estimate of drug-likeness (QED) is 0.145. The standard InChI is InChI=1S/C38H45NS/c1-6-8-10-12-20-38(21-13-11-9-7-2)33-22-26(3)14-17-30(33)31-18-15-28(24-34(31)38)29-16-19-32-35(25-29)39(5)36-23-27(4)40-37(32)36/h14-19,22-25H,6-13,20-21H2,1-5H3. The molecule has 40 heavy (non-hydrogen) atoms. The first-order valence-corrected chi connectivity index (χ1v) is 16.5. The van der Waals surface area contributed by atoms with E-state index in [0.717, 1.165) is 0 Å². The van der Waals surface area contributed by atoms with Gasteiger partial charge in [-0.2, -0.15) is 0 Å². The molecule has 0 bridgehead atoms. The SMILES string of the molecule is CCCCCCC1(CCCCCC)c2cc(C)ccc2-c2ccc(-c3ccc4c5sc(C)cc5n(C)c4c3)cc21. The van der Waals surface area contributed by atoms with Gasteiger partial charge in [0, 0.05) is 22.7 Å². The zero-order valence-electron chi connectivity index (χ0n) is 25.2. The third-order valence-electron chi connectivity index (χ3n) is 9.56. The molecule has 0 atom stereocenters. The first-order valence-electron chi connectivity index (χ1n) is 15.7. The van der Waals surface area contributed by atoms with Crippen molar-refractivity contribution < 1.29 is 0 Å². The number of benzene rings is 3. The molecule has 0 saturated carbocycles. The van der Waals surface area contributed by atoms with Crippen LogP contribution in [0.3, 0.4) is 0 Å². The van der Waals surface area contributed by atoms with Crippen molar-refractivity contribution >= 4 is 32.5 Å². The molecule has 0 saturated heterocycles. The van der Waals surface area contributed by atoms with Gasteiger partial charge in [-0.05, 0) is 78.3 Å². The Hall–Kier alpha value is -2.84. The van der Waals surface area contributed by atoms with Crippen molar-refractivity contribution in [2.45, 2.75) is 97.3 Å². The van der Waals surface area contributed by atoms with Crippen LogP contribution in [0.4, 0.5) is 0 Å². The summed E-state index contributed by atoms with van der Waals surface area (Å²) in [5, 5.41) is 1.38. The molecule has 208 valence electrons. The summed E-state index contributed by atoms with van der Waals surface area (Å²) in [6, 6.07) is 24.1. The first-order chi connectivity index (χ1) is 19.5. The summed E-state index contributed by atoms with van der Waals surface area (Å²) >= 11 is 1.92. The van der Waals surface area contributed by atoms with Crippen molar-refractivity contribution in [1.29, 1.82) is 0 Å². The fourth-order valence-electron chi connectivity index (χ4n) is 7.41. The Morgan fingerprint density at radius 1 is 0.650 bits per heavy atom. The van der Waals surface area contributed by atoms with Gasteiger partial charge < -0.3 is 4.57 Å². The molecule has 2 heterocycles. The highest BCUT2D eigenvalue weighted by molar-refractivity contribution is 7.20. The maximum atomic E-state index is 2.58. The Morgan fingerprint density at radius 2 is 1.27 bits per heavy atom. The lowest BCUT2D eigenvalue weighted by Crippen LogP contribution is -2.25. The number of fused-ring (bicyclic) bond motifs is 6. The number of unbranched alkanes of at least 4 members (excludes halogenated alkanes) is 6.